The Morgan fingerprint density at radius 2 is 1.37 bits per heavy atom. The third kappa shape index (κ3) is 2.35. The van der Waals surface area contributed by atoms with Crippen molar-refractivity contribution >= 4 is 0 Å². The topological polar surface area (TPSA) is 32.3 Å². The molecular weight excluding hydrogens is 234 g/mol. The Bertz CT molecular complexity index is 310. The molecular formula is C17H29NO. The maximum atomic E-state index is 10.4. The quantitative estimate of drug-likeness (QED) is 0.817. The van der Waals surface area contributed by atoms with E-state index in [2.05, 4.69) is 5.32 Å². The summed E-state index contributed by atoms with van der Waals surface area (Å²) in [6, 6.07) is 0. The summed E-state index contributed by atoms with van der Waals surface area (Å²) in [7, 11) is 0. The second kappa shape index (κ2) is 4.46. The fourth-order valence-electron chi connectivity index (χ4n) is 6.28. The van der Waals surface area contributed by atoms with Gasteiger partial charge < -0.3 is 10.4 Å². The van der Waals surface area contributed by atoms with Gasteiger partial charge in [-0.05, 0) is 74.5 Å². The van der Waals surface area contributed by atoms with Crippen LogP contribution in [0.15, 0.2) is 0 Å². The smallest absolute Gasteiger partial charge is 0.0771 e. The van der Waals surface area contributed by atoms with Crippen molar-refractivity contribution in [1.29, 1.82) is 0 Å². The first-order valence-corrected chi connectivity index (χ1v) is 8.58. The van der Waals surface area contributed by atoms with Crippen LogP contribution in [-0.4, -0.2) is 23.8 Å². The van der Waals surface area contributed by atoms with E-state index in [4.69, 9.17) is 0 Å². The summed E-state index contributed by atoms with van der Waals surface area (Å²) in [5, 5.41) is 14.1. The Morgan fingerprint density at radius 1 is 0.842 bits per heavy atom. The van der Waals surface area contributed by atoms with E-state index in [0.717, 1.165) is 37.1 Å². The number of rotatable bonds is 4. The van der Waals surface area contributed by atoms with Crippen molar-refractivity contribution in [2.24, 2.45) is 23.2 Å². The van der Waals surface area contributed by atoms with Crippen LogP contribution in [0.1, 0.15) is 64.2 Å². The summed E-state index contributed by atoms with van der Waals surface area (Å²) in [5.41, 5.74) is 0.242. The van der Waals surface area contributed by atoms with Gasteiger partial charge in [-0.25, -0.2) is 0 Å². The molecule has 0 radical (unpaired) electrons. The summed E-state index contributed by atoms with van der Waals surface area (Å²) >= 11 is 0. The zero-order valence-electron chi connectivity index (χ0n) is 12.2. The van der Waals surface area contributed by atoms with E-state index in [1.165, 1.54) is 57.9 Å². The van der Waals surface area contributed by atoms with Gasteiger partial charge in [-0.15, -0.1) is 0 Å². The van der Waals surface area contributed by atoms with E-state index in [1.54, 1.807) is 0 Å². The van der Waals surface area contributed by atoms with Crippen LogP contribution >= 0.6 is 0 Å². The van der Waals surface area contributed by atoms with Crippen LogP contribution in [-0.2, 0) is 0 Å². The lowest BCUT2D eigenvalue weighted by Crippen LogP contribution is -2.52. The highest BCUT2D eigenvalue weighted by molar-refractivity contribution is 5.02. The standard InChI is InChI=1S/C17H29NO/c19-17(3-1-2-4-17)12-18-11-16-8-13-5-14(9-16)7-15(6-13)10-16/h13-15,18-19H,1-12H2. The number of hydrogen-bond acceptors (Lipinski definition) is 2. The van der Waals surface area contributed by atoms with E-state index < -0.39 is 0 Å². The molecule has 0 heterocycles. The Labute approximate surface area is 117 Å². The molecule has 0 aromatic carbocycles. The molecule has 5 aliphatic rings. The van der Waals surface area contributed by atoms with Crippen LogP contribution in [0.25, 0.3) is 0 Å². The minimum atomic E-state index is -0.373. The van der Waals surface area contributed by atoms with Crippen molar-refractivity contribution in [3.8, 4) is 0 Å². The molecule has 2 nitrogen and oxygen atoms in total. The van der Waals surface area contributed by atoms with Crippen molar-refractivity contribution in [3.63, 3.8) is 0 Å². The molecule has 2 heteroatoms. The molecule has 0 atom stereocenters. The molecule has 19 heavy (non-hydrogen) atoms. The normalized spacial score (nSPS) is 46.9. The monoisotopic (exact) mass is 263 g/mol. The molecule has 0 amide bonds. The van der Waals surface area contributed by atoms with Gasteiger partial charge in [0.15, 0.2) is 0 Å². The van der Waals surface area contributed by atoms with Crippen LogP contribution in [0.3, 0.4) is 0 Å². The maximum absolute atomic E-state index is 10.4. The van der Waals surface area contributed by atoms with Crippen molar-refractivity contribution in [3.05, 3.63) is 0 Å². The third-order valence-corrected chi connectivity index (χ3v) is 6.65. The van der Waals surface area contributed by atoms with Crippen molar-refractivity contribution in [2.75, 3.05) is 13.1 Å². The molecule has 108 valence electrons. The minimum Gasteiger partial charge on any atom is -0.389 e. The van der Waals surface area contributed by atoms with Gasteiger partial charge in [-0.2, -0.15) is 0 Å². The Kier molecular flexibility index (Phi) is 2.97. The lowest BCUT2D eigenvalue weighted by atomic mass is 9.49. The van der Waals surface area contributed by atoms with Gasteiger partial charge in [-0.1, -0.05) is 12.8 Å². The van der Waals surface area contributed by atoms with Crippen LogP contribution < -0.4 is 5.32 Å². The summed E-state index contributed by atoms with van der Waals surface area (Å²) in [6.45, 7) is 2.02. The molecule has 0 aromatic rings. The minimum absolute atomic E-state index is 0.373. The molecule has 2 N–H and O–H groups in total. The highest BCUT2D eigenvalue weighted by atomic mass is 16.3. The predicted octanol–water partition coefficient (Wildman–Crippen LogP) is 3.10. The highest BCUT2D eigenvalue weighted by Crippen LogP contribution is 2.59. The van der Waals surface area contributed by atoms with Crippen LogP contribution in [0.4, 0.5) is 0 Å². The second-order valence-electron chi connectivity index (χ2n) is 8.45. The third-order valence-electron chi connectivity index (χ3n) is 6.65. The van der Waals surface area contributed by atoms with Crippen molar-refractivity contribution in [2.45, 2.75) is 69.8 Å². The molecule has 0 aromatic heterocycles. The van der Waals surface area contributed by atoms with Crippen molar-refractivity contribution in [1.82, 2.24) is 5.32 Å². The highest BCUT2D eigenvalue weighted by Gasteiger charge is 2.50. The van der Waals surface area contributed by atoms with Gasteiger partial charge in [0.2, 0.25) is 0 Å². The largest absolute Gasteiger partial charge is 0.389 e. The maximum Gasteiger partial charge on any atom is 0.0771 e. The molecule has 5 fully saturated rings. The molecule has 5 aliphatic carbocycles. The van der Waals surface area contributed by atoms with E-state index in [-0.39, 0.29) is 5.60 Å². The first-order valence-electron chi connectivity index (χ1n) is 8.58. The van der Waals surface area contributed by atoms with Gasteiger partial charge in [0, 0.05) is 13.1 Å². The zero-order valence-corrected chi connectivity index (χ0v) is 12.2. The van der Waals surface area contributed by atoms with Gasteiger partial charge in [0.1, 0.15) is 0 Å². The van der Waals surface area contributed by atoms with Gasteiger partial charge >= 0.3 is 0 Å². The summed E-state index contributed by atoms with van der Waals surface area (Å²) in [6.07, 6.45) is 13.5. The first-order chi connectivity index (χ1) is 9.15. The number of hydrogen-bond donors (Lipinski definition) is 2. The van der Waals surface area contributed by atoms with Gasteiger partial charge in [0.25, 0.3) is 0 Å². The first kappa shape index (κ1) is 12.6. The summed E-state index contributed by atoms with van der Waals surface area (Å²) in [4.78, 5) is 0. The molecule has 0 aliphatic heterocycles. The van der Waals surface area contributed by atoms with Crippen molar-refractivity contribution < 1.29 is 5.11 Å². The Hall–Kier alpha value is -0.0800. The average molecular weight is 263 g/mol. The predicted molar refractivity (Wildman–Crippen MR) is 76.9 cm³/mol. The lowest BCUT2D eigenvalue weighted by Gasteiger charge is -2.57. The van der Waals surface area contributed by atoms with Crippen LogP contribution in [0, 0.1) is 23.2 Å². The lowest BCUT2D eigenvalue weighted by molar-refractivity contribution is -0.0543. The van der Waals surface area contributed by atoms with E-state index in [1.807, 2.05) is 0 Å². The van der Waals surface area contributed by atoms with Crippen LogP contribution in [0.2, 0.25) is 0 Å². The summed E-state index contributed by atoms with van der Waals surface area (Å²) in [5.74, 6) is 3.13. The Morgan fingerprint density at radius 3 is 1.89 bits per heavy atom. The SMILES string of the molecule is OC1(CNCC23CC4CC(CC(C4)C2)C3)CCCC1. The number of aliphatic hydroxyl groups is 1. The molecule has 0 unspecified atom stereocenters. The second-order valence-corrected chi connectivity index (χ2v) is 8.45. The van der Waals surface area contributed by atoms with E-state index in [9.17, 15) is 5.11 Å². The zero-order chi connectivity index (χ0) is 12.9. The molecule has 5 rings (SSSR count). The van der Waals surface area contributed by atoms with Gasteiger partial charge in [-0.3, -0.25) is 0 Å². The summed E-state index contributed by atoms with van der Waals surface area (Å²) < 4.78 is 0. The average Bonchev–Trinajstić information content (AvgIpc) is 2.74. The van der Waals surface area contributed by atoms with Gasteiger partial charge in [0.05, 0.1) is 5.60 Å². The molecule has 4 bridgehead atoms. The van der Waals surface area contributed by atoms with E-state index >= 15 is 0 Å². The fourth-order valence-corrected chi connectivity index (χ4v) is 6.28. The number of nitrogens with one attached hydrogen (secondary N) is 1. The molecule has 0 spiro atoms. The van der Waals surface area contributed by atoms with Crippen LogP contribution in [0.5, 0.6) is 0 Å². The molecule has 5 saturated carbocycles. The Balaban J connectivity index is 1.35. The van der Waals surface area contributed by atoms with E-state index in [0.29, 0.717) is 5.41 Å². The molecule has 0 saturated heterocycles. The fraction of sp³-hybridized carbons (Fsp3) is 1.00.